The van der Waals surface area contributed by atoms with Crippen LogP contribution in [0, 0.1) is 0 Å². The predicted octanol–water partition coefficient (Wildman–Crippen LogP) is 2.07. The molecular weight excluding hydrogens is 200 g/mol. The molecule has 1 aromatic heterocycles. The molecule has 1 atom stereocenters. The summed E-state index contributed by atoms with van der Waals surface area (Å²) in [6.45, 7) is 5.55. The molecule has 2 rings (SSSR count). The zero-order valence-corrected chi connectivity index (χ0v) is 10.3. The molecule has 88 valence electrons. The van der Waals surface area contributed by atoms with Crippen molar-refractivity contribution in [2.24, 2.45) is 0 Å². The van der Waals surface area contributed by atoms with Gasteiger partial charge in [-0.2, -0.15) is 0 Å². The Kier molecular flexibility index (Phi) is 3.27. The van der Waals surface area contributed by atoms with Crippen LogP contribution in [0.1, 0.15) is 32.3 Å². The summed E-state index contributed by atoms with van der Waals surface area (Å²) >= 11 is 0. The lowest BCUT2D eigenvalue weighted by atomic mass is 10.2. The van der Waals surface area contributed by atoms with E-state index in [0.29, 0.717) is 6.04 Å². The van der Waals surface area contributed by atoms with Crippen LogP contribution in [0.2, 0.25) is 0 Å². The van der Waals surface area contributed by atoms with E-state index >= 15 is 0 Å². The molecule has 0 saturated carbocycles. The highest BCUT2D eigenvalue weighted by atomic mass is 15.2. The summed E-state index contributed by atoms with van der Waals surface area (Å²) in [5.41, 5.74) is 1.23. The minimum Gasteiger partial charge on any atom is -0.373 e. The molecule has 0 aromatic carbocycles. The number of hydrogen-bond acceptors (Lipinski definition) is 4. The van der Waals surface area contributed by atoms with Crippen molar-refractivity contribution < 1.29 is 0 Å². The van der Waals surface area contributed by atoms with Gasteiger partial charge in [-0.05, 0) is 26.2 Å². The molecule has 4 heteroatoms. The number of aromatic nitrogens is 2. The second kappa shape index (κ2) is 4.68. The summed E-state index contributed by atoms with van der Waals surface area (Å²) in [5.74, 6) is 2.08. The van der Waals surface area contributed by atoms with E-state index in [2.05, 4.69) is 34.0 Å². The van der Waals surface area contributed by atoms with Crippen LogP contribution in [0.5, 0.6) is 0 Å². The Hall–Kier alpha value is -1.32. The van der Waals surface area contributed by atoms with Crippen molar-refractivity contribution in [2.45, 2.75) is 39.2 Å². The SMILES string of the molecule is CCc1c(NC)ncnc1N1CCCC1C. The smallest absolute Gasteiger partial charge is 0.137 e. The first-order chi connectivity index (χ1) is 7.77. The van der Waals surface area contributed by atoms with Gasteiger partial charge in [0.15, 0.2) is 0 Å². The Balaban J connectivity index is 2.39. The topological polar surface area (TPSA) is 41.1 Å². The number of anilines is 2. The molecule has 1 N–H and O–H groups in total. The molecule has 1 aromatic rings. The largest absolute Gasteiger partial charge is 0.373 e. The van der Waals surface area contributed by atoms with E-state index in [1.165, 1.54) is 18.4 Å². The van der Waals surface area contributed by atoms with Gasteiger partial charge in [0, 0.05) is 25.2 Å². The van der Waals surface area contributed by atoms with Gasteiger partial charge >= 0.3 is 0 Å². The predicted molar refractivity (Wildman–Crippen MR) is 67.0 cm³/mol. The fourth-order valence-corrected chi connectivity index (χ4v) is 2.44. The van der Waals surface area contributed by atoms with Crippen molar-refractivity contribution in [1.29, 1.82) is 0 Å². The van der Waals surface area contributed by atoms with Crippen molar-refractivity contribution in [3.8, 4) is 0 Å². The van der Waals surface area contributed by atoms with E-state index in [1.807, 2.05) is 7.05 Å². The molecule has 2 heterocycles. The Morgan fingerprint density at radius 2 is 2.31 bits per heavy atom. The van der Waals surface area contributed by atoms with Gasteiger partial charge in [0.25, 0.3) is 0 Å². The van der Waals surface area contributed by atoms with Crippen LogP contribution in [0.4, 0.5) is 11.6 Å². The van der Waals surface area contributed by atoms with Crippen LogP contribution in [0.3, 0.4) is 0 Å². The Morgan fingerprint density at radius 1 is 1.50 bits per heavy atom. The zero-order valence-electron chi connectivity index (χ0n) is 10.3. The maximum absolute atomic E-state index is 4.47. The molecule has 0 spiro atoms. The summed E-state index contributed by atoms with van der Waals surface area (Å²) in [6.07, 6.45) is 5.16. The van der Waals surface area contributed by atoms with Gasteiger partial charge < -0.3 is 10.2 Å². The molecule has 1 aliphatic rings. The van der Waals surface area contributed by atoms with Crippen molar-refractivity contribution in [3.05, 3.63) is 11.9 Å². The monoisotopic (exact) mass is 220 g/mol. The first-order valence-electron chi connectivity index (χ1n) is 6.06. The minimum atomic E-state index is 0.602. The maximum Gasteiger partial charge on any atom is 0.137 e. The lowest BCUT2D eigenvalue weighted by molar-refractivity contribution is 0.722. The van der Waals surface area contributed by atoms with E-state index in [4.69, 9.17) is 0 Å². The van der Waals surface area contributed by atoms with Crippen molar-refractivity contribution in [1.82, 2.24) is 9.97 Å². The number of hydrogen-bond donors (Lipinski definition) is 1. The quantitative estimate of drug-likeness (QED) is 0.846. The van der Waals surface area contributed by atoms with Gasteiger partial charge in [-0.25, -0.2) is 9.97 Å². The summed E-state index contributed by atoms with van der Waals surface area (Å²) in [5, 5.41) is 3.15. The first kappa shape index (κ1) is 11.2. The van der Waals surface area contributed by atoms with E-state index < -0.39 is 0 Å². The van der Waals surface area contributed by atoms with Crippen LogP contribution >= 0.6 is 0 Å². The number of nitrogens with zero attached hydrogens (tertiary/aromatic N) is 3. The van der Waals surface area contributed by atoms with Gasteiger partial charge in [0.05, 0.1) is 0 Å². The average Bonchev–Trinajstić information content (AvgIpc) is 2.74. The van der Waals surface area contributed by atoms with E-state index in [9.17, 15) is 0 Å². The second-order valence-corrected chi connectivity index (χ2v) is 4.31. The van der Waals surface area contributed by atoms with Crippen LogP contribution in [-0.4, -0.2) is 29.6 Å². The third-order valence-electron chi connectivity index (χ3n) is 3.34. The van der Waals surface area contributed by atoms with Crippen LogP contribution in [-0.2, 0) is 6.42 Å². The molecule has 0 aliphatic carbocycles. The lowest BCUT2D eigenvalue weighted by Gasteiger charge is -2.25. The molecule has 1 unspecified atom stereocenters. The highest BCUT2D eigenvalue weighted by Crippen LogP contribution is 2.29. The molecule has 1 fully saturated rings. The normalized spacial score (nSPS) is 20.2. The van der Waals surface area contributed by atoms with Gasteiger partial charge in [-0.3, -0.25) is 0 Å². The molecule has 0 amide bonds. The third-order valence-corrected chi connectivity index (χ3v) is 3.34. The Bertz CT molecular complexity index is 364. The van der Waals surface area contributed by atoms with Crippen molar-refractivity contribution in [3.63, 3.8) is 0 Å². The van der Waals surface area contributed by atoms with Crippen molar-refractivity contribution in [2.75, 3.05) is 23.8 Å². The maximum atomic E-state index is 4.47. The first-order valence-corrected chi connectivity index (χ1v) is 6.06. The van der Waals surface area contributed by atoms with Gasteiger partial charge in [0.2, 0.25) is 0 Å². The summed E-state index contributed by atoms with van der Waals surface area (Å²) in [7, 11) is 1.92. The van der Waals surface area contributed by atoms with E-state index in [1.54, 1.807) is 6.33 Å². The van der Waals surface area contributed by atoms with Gasteiger partial charge in [-0.15, -0.1) is 0 Å². The van der Waals surface area contributed by atoms with Crippen molar-refractivity contribution >= 4 is 11.6 Å². The van der Waals surface area contributed by atoms with Crippen LogP contribution in [0.25, 0.3) is 0 Å². The van der Waals surface area contributed by atoms with Gasteiger partial charge in [-0.1, -0.05) is 6.92 Å². The molecule has 4 nitrogen and oxygen atoms in total. The fourth-order valence-electron chi connectivity index (χ4n) is 2.44. The molecule has 0 radical (unpaired) electrons. The molecular formula is C12H20N4. The molecule has 0 bridgehead atoms. The number of nitrogens with one attached hydrogen (secondary N) is 1. The van der Waals surface area contributed by atoms with Crippen LogP contribution in [0.15, 0.2) is 6.33 Å². The average molecular weight is 220 g/mol. The fraction of sp³-hybridized carbons (Fsp3) is 0.667. The summed E-state index contributed by atoms with van der Waals surface area (Å²) in [4.78, 5) is 11.1. The molecule has 16 heavy (non-hydrogen) atoms. The third kappa shape index (κ3) is 1.84. The standard InChI is InChI=1S/C12H20N4/c1-4-10-11(13-3)14-8-15-12(10)16-7-5-6-9(16)2/h8-9H,4-7H2,1-3H3,(H,13,14,15). The summed E-state index contributed by atoms with van der Waals surface area (Å²) in [6, 6.07) is 0.602. The second-order valence-electron chi connectivity index (χ2n) is 4.31. The Morgan fingerprint density at radius 3 is 2.88 bits per heavy atom. The number of rotatable bonds is 3. The Labute approximate surface area is 97.1 Å². The van der Waals surface area contributed by atoms with Crippen LogP contribution < -0.4 is 10.2 Å². The highest BCUT2D eigenvalue weighted by Gasteiger charge is 2.24. The summed E-state index contributed by atoms with van der Waals surface area (Å²) < 4.78 is 0. The molecule has 1 aliphatic heterocycles. The zero-order chi connectivity index (χ0) is 11.5. The van der Waals surface area contributed by atoms with E-state index in [-0.39, 0.29) is 0 Å². The van der Waals surface area contributed by atoms with Gasteiger partial charge in [0.1, 0.15) is 18.0 Å². The highest BCUT2D eigenvalue weighted by molar-refractivity contribution is 5.59. The van der Waals surface area contributed by atoms with E-state index in [0.717, 1.165) is 24.6 Å². The lowest BCUT2D eigenvalue weighted by Crippen LogP contribution is -2.28. The minimum absolute atomic E-state index is 0.602. The molecule has 1 saturated heterocycles.